The van der Waals surface area contributed by atoms with Crippen LogP contribution in [0.1, 0.15) is 39.0 Å². The normalized spacial score (nSPS) is 35.4. The fourth-order valence-corrected chi connectivity index (χ4v) is 3.19. The first-order chi connectivity index (χ1) is 7.59. The highest BCUT2D eigenvalue weighted by molar-refractivity contribution is 4.89. The van der Waals surface area contributed by atoms with E-state index in [1.54, 1.807) is 0 Å². The Morgan fingerprint density at radius 1 is 1.38 bits per heavy atom. The van der Waals surface area contributed by atoms with Gasteiger partial charge < -0.3 is 15.3 Å². The molecular weight excluding hydrogens is 200 g/mol. The molecule has 16 heavy (non-hydrogen) atoms. The van der Waals surface area contributed by atoms with Crippen molar-refractivity contribution in [3.8, 4) is 0 Å². The van der Waals surface area contributed by atoms with Crippen LogP contribution in [0.4, 0.5) is 0 Å². The van der Waals surface area contributed by atoms with Crippen molar-refractivity contribution in [1.82, 2.24) is 10.2 Å². The van der Waals surface area contributed by atoms with E-state index in [1.807, 2.05) is 0 Å². The first-order valence-electron chi connectivity index (χ1n) is 6.73. The zero-order valence-corrected chi connectivity index (χ0v) is 10.7. The summed E-state index contributed by atoms with van der Waals surface area (Å²) in [5.74, 6) is 0.698. The molecule has 0 amide bonds. The molecule has 94 valence electrons. The van der Waals surface area contributed by atoms with Crippen molar-refractivity contribution in [2.75, 3.05) is 26.7 Å². The lowest BCUT2D eigenvalue weighted by molar-refractivity contribution is 0.0385. The fraction of sp³-hybridized carbons (Fsp3) is 1.00. The Morgan fingerprint density at radius 3 is 2.69 bits per heavy atom. The van der Waals surface area contributed by atoms with Crippen molar-refractivity contribution >= 4 is 0 Å². The van der Waals surface area contributed by atoms with E-state index in [1.165, 1.54) is 32.4 Å². The molecule has 2 atom stereocenters. The number of nitrogens with zero attached hydrogens (tertiary/aromatic N) is 1. The van der Waals surface area contributed by atoms with Crippen molar-refractivity contribution in [2.24, 2.45) is 5.92 Å². The first-order valence-corrected chi connectivity index (χ1v) is 6.73. The van der Waals surface area contributed by atoms with Crippen molar-refractivity contribution in [1.29, 1.82) is 0 Å². The highest BCUT2D eigenvalue weighted by Gasteiger charge is 2.32. The van der Waals surface area contributed by atoms with E-state index in [0.717, 1.165) is 19.4 Å². The first kappa shape index (κ1) is 12.3. The quantitative estimate of drug-likeness (QED) is 0.759. The summed E-state index contributed by atoms with van der Waals surface area (Å²) in [6, 6.07) is 0.598. The van der Waals surface area contributed by atoms with Gasteiger partial charge in [0.1, 0.15) is 0 Å². The zero-order valence-electron chi connectivity index (χ0n) is 10.7. The predicted octanol–water partition coefficient (Wildman–Crippen LogP) is 1.22. The minimum atomic E-state index is -0.400. The summed E-state index contributed by atoms with van der Waals surface area (Å²) in [7, 11) is 2.19. The van der Waals surface area contributed by atoms with Gasteiger partial charge in [0.2, 0.25) is 0 Å². The van der Waals surface area contributed by atoms with Crippen LogP contribution in [-0.2, 0) is 0 Å². The van der Waals surface area contributed by atoms with Crippen LogP contribution in [0.2, 0.25) is 0 Å². The molecule has 3 heteroatoms. The Hall–Kier alpha value is -0.120. The van der Waals surface area contributed by atoms with Gasteiger partial charge in [-0.05, 0) is 38.8 Å². The molecule has 1 heterocycles. The Labute approximate surface area is 99.2 Å². The predicted molar refractivity (Wildman–Crippen MR) is 66.5 cm³/mol. The maximum atomic E-state index is 10.3. The number of piperidine rings is 1. The smallest absolute Gasteiger partial charge is 0.0771 e. The standard InChI is InChI=1S/C13H26N2O/c1-11-9-15(2)8-5-12(11)14-10-13(16)6-3-4-7-13/h11-12,14,16H,3-10H2,1-2H3. The third-order valence-corrected chi connectivity index (χ3v) is 4.34. The number of hydrogen-bond donors (Lipinski definition) is 2. The van der Waals surface area contributed by atoms with E-state index in [4.69, 9.17) is 0 Å². The van der Waals surface area contributed by atoms with E-state index in [9.17, 15) is 5.11 Å². The summed E-state index contributed by atoms with van der Waals surface area (Å²) in [6.07, 6.45) is 5.58. The van der Waals surface area contributed by atoms with Gasteiger partial charge in [-0.1, -0.05) is 19.8 Å². The lowest BCUT2D eigenvalue weighted by Gasteiger charge is -2.37. The van der Waals surface area contributed by atoms with Gasteiger partial charge >= 0.3 is 0 Å². The van der Waals surface area contributed by atoms with Gasteiger partial charge in [0.25, 0.3) is 0 Å². The molecule has 0 spiro atoms. The van der Waals surface area contributed by atoms with E-state index in [2.05, 4.69) is 24.2 Å². The minimum absolute atomic E-state index is 0.400. The molecule has 2 N–H and O–H groups in total. The molecule has 0 aromatic rings. The maximum absolute atomic E-state index is 10.3. The number of hydrogen-bond acceptors (Lipinski definition) is 3. The average Bonchev–Trinajstić information content (AvgIpc) is 2.64. The van der Waals surface area contributed by atoms with Crippen LogP contribution in [0.25, 0.3) is 0 Å². The summed E-state index contributed by atoms with van der Waals surface area (Å²) in [6.45, 7) is 5.47. The van der Waals surface area contributed by atoms with E-state index in [0.29, 0.717) is 12.0 Å². The van der Waals surface area contributed by atoms with Gasteiger partial charge in [-0.15, -0.1) is 0 Å². The zero-order chi connectivity index (χ0) is 11.6. The summed E-state index contributed by atoms with van der Waals surface area (Å²) in [5, 5.41) is 13.9. The van der Waals surface area contributed by atoms with Crippen LogP contribution in [0.3, 0.4) is 0 Å². The van der Waals surface area contributed by atoms with Gasteiger partial charge in [-0.25, -0.2) is 0 Å². The van der Waals surface area contributed by atoms with Gasteiger partial charge in [0, 0.05) is 19.1 Å². The van der Waals surface area contributed by atoms with Crippen LogP contribution in [0.15, 0.2) is 0 Å². The maximum Gasteiger partial charge on any atom is 0.0771 e. The molecule has 3 nitrogen and oxygen atoms in total. The van der Waals surface area contributed by atoms with E-state index < -0.39 is 5.60 Å². The molecule has 2 fully saturated rings. The Morgan fingerprint density at radius 2 is 2.06 bits per heavy atom. The number of nitrogens with one attached hydrogen (secondary N) is 1. The molecule has 1 aliphatic heterocycles. The molecule has 0 aromatic carbocycles. The van der Waals surface area contributed by atoms with Gasteiger partial charge in [-0.3, -0.25) is 0 Å². The molecule has 0 bridgehead atoms. The number of rotatable bonds is 3. The molecule has 0 aromatic heterocycles. The number of aliphatic hydroxyl groups is 1. The summed E-state index contributed by atoms with van der Waals surface area (Å²) in [4.78, 5) is 2.40. The average molecular weight is 226 g/mol. The topological polar surface area (TPSA) is 35.5 Å². The van der Waals surface area contributed by atoms with Crippen LogP contribution >= 0.6 is 0 Å². The van der Waals surface area contributed by atoms with E-state index >= 15 is 0 Å². The molecule has 2 aliphatic rings. The molecule has 2 unspecified atom stereocenters. The van der Waals surface area contributed by atoms with Crippen molar-refractivity contribution in [3.63, 3.8) is 0 Å². The second-order valence-electron chi connectivity index (χ2n) is 5.95. The second-order valence-corrected chi connectivity index (χ2v) is 5.95. The van der Waals surface area contributed by atoms with Crippen LogP contribution in [0.5, 0.6) is 0 Å². The Kier molecular flexibility index (Phi) is 3.88. The lowest BCUT2D eigenvalue weighted by Crippen LogP contribution is -2.51. The SMILES string of the molecule is CC1CN(C)CCC1NCC1(O)CCCC1. The highest BCUT2D eigenvalue weighted by atomic mass is 16.3. The Balaban J connectivity index is 1.77. The third-order valence-electron chi connectivity index (χ3n) is 4.34. The summed E-state index contributed by atoms with van der Waals surface area (Å²) in [5.41, 5.74) is -0.400. The highest BCUT2D eigenvalue weighted by Crippen LogP contribution is 2.29. The molecule has 1 aliphatic carbocycles. The molecule has 2 rings (SSSR count). The molecule has 1 saturated heterocycles. The largest absolute Gasteiger partial charge is 0.389 e. The number of likely N-dealkylation sites (tertiary alicyclic amines) is 1. The van der Waals surface area contributed by atoms with E-state index in [-0.39, 0.29) is 0 Å². The summed E-state index contributed by atoms with van der Waals surface area (Å²) < 4.78 is 0. The van der Waals surface area contributed by atoms with Crippen LogP contribution in [0, 0.1) is 5.92 Å². The van der Waals surface area contributed by atoms with Crippen molar-refractivity contribution in [3.05, 3.63) is 0 Å². The van der Waals surface area contributed by atoms with Crippen molar-refractivity contribution < 1.29 is 5.11 Å². The summed E-state index contributed by atoms with van der Waals surface area (Å²) >= 11 is 0. The monoisotopic (exact) mass is 226 g/mol. The lowest BCUT2D eigenvalue weighted by atomic mass is 9.93. The van der Waals surface area contributed by atoms with Gasteiger partial charge in [0.15, 0.2) is 0 Å². The molecule has 1 saturated carbocycles. The second kappa shape index (κ2) is 5.03. The Bertz CT molecular complexity index is 226. The molecular formula is C13H26N2O. The van der Waals surface area contributed by atoms with Crippen molar-refractivity contribution in [2.45, 2.75) is 50.7 Å². The van der Waals surface area contributed by atoms with Crippen LogP contribution < -0.4 is 5.32 Å². The minimum Gasteiger partial charge on any atom is -0.389 e. The molecule has 0 radical (unpaired) electrons. The van der Waals surface area contributed by atoms with Gasteiger partial charge in [0.05, 0.1) is 5.60 Å². The van der Waals surface area contributed by atoms with Gasteiger partial charge in [-0.2, -0.15) is 0 Å². The van der Waals surface area contributed by atoms with Crippen LogP contribution in [-0.4, -0.2) is 48.3 Å². The fourth-order valence-electron chi connectivity index (χ4n) is 3.19. The third kappa shape index (κ3) is 2.96.